The first-order valence-corrected chi connectivity index (χ1v) is 5.91. The number of hydrogen-bond acceptors (Lipinski definition) is 4. The number of H-pyrrole nitrogens is 1. The number of aromatic nitrogens is 4. The van der Waals surface area contributed by atoms with Crippen LogP contribution in [0.2, 0.25) is 0 Å². The lowest BCUT2D eigenvalue weighted by Gasteiger charge is -2.14. The normalized spacial score (nSPS) is 12.1. The van der Waals surface area contributed by atoms with Crippen molar-refractivity contribution in [1.82, 2.24) is 20.6 Å². The molecule has 0 fully saturated rings. The lowest BCUT2D eigenvalue weighted by molar-refractivity contribution is 0.197. The highest BCUT2D eigenvalue weighted by molar-refractivity contribution is 4.63. The predicted molar refractivity (Wildman–Crippen MR) is 63.9 cm³/mol. The van der Waals surface area contributed by atoms with Gasteiger partial charge in [0, 0.05) is 6.61 Å². The molecule has 1 aromatic heterocycles. The minimum atomic E-state index is 0.367. The molecule has 0 aliphatic heterocycles. The zero-order valence-corrected chi connectivity index (χ0v) is 10.8. The highest BCUT2D eigenvalue weighted by atomic mass is 16.3. The molecule has 1 rings (SSSR count). The van der Waals surface area contributed by atoms with Crippen LogP contribution < -0.4 is 0 Å². The molecule has 1 heterocycles. The fraction of sp³-hybridized carbons (Fsp3) is 0.909. The van der Waals surface area contributed by atoms with Gasteiger partial charge in [-0.05, 0) is 31.6 Å². The van der Waals surface area contributed by atoms with Crippen molar-refractivity contribution < 1.29 is 5.11 Å². The smallest absolute Gasteiger partial charge is 0.171 e. The van der Waals surface area contributed by atoms with Crippen LogP contribution in [0.1, 0.15) is 45.9 Å². The topological polar surface area (TPSA) is 74.7 Å². The Balaban J connectivity index is 0.000000315. The van der Waals surface area contributed by atoms with E-state index in [-0.39, 0.29) is 0 Å². The standard InChI is InChI=1S/C9H20O.C2H4N4/c1-4-5-9(7-10)6-8(2)3;1-2-3-5-6-4-2/h8-10H,4-7H2,1-3H3;1H3,(H,3,4,5,6). The number of nitrogens with zero attached hydrogens (tertiary/aromatic N) is 3. The zero-order valence-electron chi connectivity index (χ0n) is 10.8. The summed E-state index contributed by atoms with van der Waals surface area (Å²) in [6, 6.07) is 0. The highest BCUT2D eigenvalue weighted by Gasteiger charge is 2.07. The number of aryl methyl sites for hydroxylation is 1. The molecule has 0 saturated carbocycles. The van der Waals surface area contributed by atoms with Crippen LogP contribution in [0.4, 0.5) is 0 Å². The summed E-state index contributed by atoms with van der Waals surface area (Å²) in [7, 11) is 0. The summed E-state index contributed by atoms with van der Waals surface area (Å²) in [5.74, 6) is 1.95. The summed E-state index contributed by atoms with van der Waals surface area (Å²) >= 11 is 0. The number of tetrazole rings is 1. The summed E-state index contributed by atoms with van der Waals surface area (Å²) in [4.78, 5) is 0. The Morgan fingerprint density at radius 2 is 2.06 bits per heavy atom. The van der Waals surface area contributed by atoms with Crippen LogP contribution in [-0.2, 0) is 0 Å². The second kappa shape index (κ2) is 9.27. The zero-order chi connectivity index (χ0) is 12.4. The monoisotopic (exact) mass is 228 g/mol. The van der Waals surface area contributed by atoms with Crippen LogP contribution in [0.15, 0.2) is 0 Å². The first-order valence-electron chi connectivity index (χ1n) is 5.91. The van der Waals surface area contributed by atoms with Crippen molar-refractivity contribution in [3.63, 3.8) is 0 Å². The van der Waals surface area contributed by atoms with Gasteiger partial charge < -0.3 is 5.11 Å². The molecule has 0 saturated heterocycles. The van der Waals surface area contributed by atoms with Gasteiger partial charge in [-0.1, -0.05) is 32.4 Å². The van der Waals surface area contributed by atoms with Crippen molar-refractivity contribution >= 4 is 0 Å². The van der Waals surface area contributed by atoms with E-state index < -0.39 is 0 Å². The van der Waals surface area contributed by atoms with E-state index in [9.17, 15) is 0 Å². The molecular weight excluding hydrogens is 204 g/mol. The Kier molecular flexibility index (Phi) is 8.71. The van der Waals surface area contributed by atoms with E-state index in [1.54, 1.807) is 6.92 Å². The third-order valence-corrected chi connectivity index (χ3v) is 2.21. The van der Waals surface area contributed by atoms with E-state index in [0.29, 0.717) is 18.3 Å². The molecule has 2 N–H and O–H groups in total. The lowest BCUT2D eigenvalue weighted by atomic mass is 9.94. The molecule has 0 radical (unpaired) electrons. The number of aromatic amines is 1. The number of rotatable bonds is 5. The van der Waals surface area contributed by atoms with Gasteiger partial charge in [0.2, 0.25) is 0 Å². The molecule has 1 aromatic rings. The van der Waals surface area contributed by atoms with E-state index >= 15 is 0 Å². The second-order valence-electron chi connectivity index (χ2n) is 4.43. The lowest BCUT2D eigenvalue weighted by Crippen LogP contribution is -2.08. The third-order valence-electron chi connectivity index (χ3n) is 2.21. The molecular formula is C11H24N4O. The third kappa shape index (κ3) is 8.35. The highest BCUT2D eigenvalue weighted by Crippen LogP contribution is 2.15. The minimum Gasteiger partial charge on any atom is -0.396 e. The Labute approximate surface area is 97.7 Å². The number of aliphatic hydroxyl groups is 1. The number of nitrogens with one attached hydrogen (secondary N) is 1. The van der Waals surface area contributed by atoms with Gasteiger partial charge in [-0.25, -0.2) is 0 Å². The van der Waals surface area contributed by atoms with Crippen molar-refractivity contribution in [1.29, 1.82) is 0 Å². The molecule has 1 atom stereocenters. The van der Waals surface area contributed by atoms with Crippen LogP contribution in [0.25, 0.3) is 0 Å². The molecule has 94 valence electrons. The molecule has 0 aliphatic rings. The van der Waals surface area contributed by atoms with Gasteiger partial charge in [-0.15, -0.1) is 10.2 Å². The van der Waals surface area contributed by atoms with E-state index in [0.717, 1.165) is 5.92 Å². The first-order chi connectivity index (χ1) is 7.60. The Hall–Kier alpha value is -0.970. The van der Waals surface area contributed by atoms with Crippen LogP contribution in [-0.4, -0.2) is 32.3 Å². The van der Waals surface area contributed by atoms with E-state index in [4.69, 9.17) is 5.11 Å². The maximum Gasteiger partial charge on any atom is 0.171 e. The SMILES string of the molecule is CCCC(CO)CC(C)C.Cc1nn[nH]n1. The minimum absolute atomic E-state index is 0.367. The molecule has 1 unspecified atom stereocenters. The van der Waals surface area contributed by atoms with Gasteiger partial charge in [-0.2, -0.15) is 5.21 Å². The van der Waals surface area contributed by atoms with Gasteiger partial charge in [0.1, 0.15) is 0 Å². The Bertz CT molecular complexity index is 236. The van der Waals surface area contributed by atoms with Gasteiger partial charge in [0.25, 0.3) is 0 Å². The van der Waals surface area contributed by atoms with Crippen molar-refractivity contribution in [2.75, 3.05) is 6.61 Å². The van der Waals surface area contributed by atoms with Crippen LogP contribution in [0, 0.1) is 18.8 Å². The van der Waals surface area contributed by atoms with Crippen molar-refractivity contribution in [2.45, 2.75) is 47.0 Å². The summed E-state index contributed by atoms with van der Waals surface area (Å²) in [5, 5.41) is 21.6. The van der Waals surface area contributed by atoms with Gasteiger partial charge in [-0.3, -0.25) is 0 Å². The Morgan fingerprint density at radius 1 is 1.38 bits per heavy atom. The van der Waals surface area contributed by atoms with Crippen LogP contribution in [0.3, 0.4) is 0 Å². The van der Waals surface area contributed by atoms with Gasteiger partial charge >= 0.3 is 0 Å². The van der Waals surface area contributed by atoms with E-state index in [1.165, 1.54) is 19.3 Å². The van der Waals surface area contributed by atoms with Gasteiger partial charge in [0.15, 0.2) is 5.82 Å². The second-order valence-corrected chi connectivity index (χ2v) is 4.43. The average molecular weight is 228 g/mol. The summed E-state index contributed by atoms with van der Waals surface area (Å²) in [6.45, 7) is 8.72. The van der Waals surface area contributed by atoms with Crippen molar-refractivity contribution in [3.05, 3.63) is 5.82 Å². The molecule has 0 aromatic carbocycles. The summed E-state index contributed by atoms with van der Waals surface area (Å²) in [6.07, 6.45) is 3.54. The Morgan fingerprint density at radius 3 is 2.31 bits per heavy atom. The predicted octanol–water partition coefficient (Wildman–Crippen LogP) is 1.95. The summed E-state index contributed by atoms with van der Waals surface area (Å²) in [5.41, 5.74) is 0. The fourth-order valence-electron chi connectivity index (χ4n) is 1.57. The molecule has 0 amide bonds. The maximum atomic E-state index is 8.91. The van der Waals surface area contributed by atoms with E-state index in [1.807, 2.05) is 0 Å². The fourth-order valence-corrected chi connectivity index (χ4v) is 1.57. The largest absolute Gasteiger partial charge is 0.396 e. The molecule has 0 bridgehead atoms. The maximum absolute atomic E-state index is 8.91. The molecule has 16 heavy (non-hydrogen) atoms. The van der Waals surface area contributed by atoms with Crippen molar-refractivity contribution in [2.24, 2.45) is 11.8 Å². The number of aliphatic hydroxyl groups excluding tert-OH is 1. The summed E-state index contributed by atoms with van der Waals surface area (Å²) < 4.78 is 0. The quantitative estimate of drug-likeness (QED) is 0.807. The molecule has 0 aliphatic carbocycles. The van der Waals surface area contributed by atoms with Crippen LogP contribution >= 0.6 is 0 Å². The van der Waals surface area contributed by atoms with E-state index in [2.05, 4.69) is 41.4 Å². The van der Waals surface area contributed by atoms with Gasteiger partial charge in [0.05, 0.1) is 0 Å². The van der Waals surface area contributed by atoms with Crippen LogP contribution in [0.5, 0.6) is 0 Å². The number of hydrogen-bond donors (Lipinski definition) is 2. The molecule has 5 heteroatoms. The molecule has 5 nitrogen and oxygen atoms in total. The average Bonchev–Trinajstić information content (AvgIpc) is 2.69. The van der Waals surface area contributed by atoms with Crippen molar-refractivity contribution in [3.8, 4) is 0 Å². The molecule has 0 spiro atoms. The first kappa shape index (κ1) is 15.0.